The molecule has 94 valence electrons. The van der Waals surface area contributed by atoms with Gasteiger partial charge in [-0.2, -0.15) is 0 Å². The zero-order valence-electron chi connectivity index (χ0n) is 9.90. The van der Waals surface area contributed by atoms with Gasteiger partial charge in [-0.25, -0.2) is 9.97 Å². The molecule has 0 amide bonds. The predicted molar refractivity (Wildman–Crippen MR) is 67.4 cm³/mol. The van der Waals surface area contributed by atoms with Crippen molar-refractivity contribution in [3.05, 3.63) is 17.5 Å². The minimum absolute atomic E-state index is 0.206. The summed E-state index contributed by atoms with van der Waals surface area (Å²) < 4.78 is 5.68. The van der Waals surface area contributed by atoms with Crippen LogP contribution in [-0.2, 0) is 4.74 Å². The molecule has 0 radical (unpaired) electrons. The molecule has 1 atom stereocenters. The highest BCUT2D eigenvalue weighted by atomic mass is 35.5. The summed E-state index contributed by atoms with van der Waals surface area (Å²) in [5.74, 6) is 0.738. The molecule has 1 saturated heterocycles. The molecular formula is C11H17ClN4O. The second-order valence-electron chi connectivity index (χ2n) is 3.98. The highest BCUT2D eigenvalue weighted by Gasteiger charge is 2.18. The molecule has 0 bridgehead atoms. The summed E-state index contributed by atoms with van der Waals surface area (Å²) in [5, 5.41) is 3.47. The minimum atomic E-state index is 0.206. The van der Waals surface area contributed by atoms with E-state index >= 15 is 0 Å². The van der Waals surface area contributed by atoms with Crippen LogP contribution in [0.4, 0.5) is 5.82 Å². The maximum atomic E-state index is 5.71. The number of hydrogen-bond acceptors (Lipinski definition) is 5. The van der Waals surface area contributed by atoms with Crippen LogP contribution < -0.4 is 5.32 Å². The lowest BCUT2D eigenvalue weighted by atomic mass is 10.2. The molecule has 0 spiro atoms. The Bertz CT molecular complexity index is 363. The Morgan fingerprint density at radius 2 is 2.53 bits per heavy atom. The zero-order valence-corrected chi connectivity index (χ0v) is 10.7. The number of nitrogens with one attached hydrogen (secondary N) is 1. The lowest BCUT2D eigenvalue weighted by Crippen LogP contribution is -2.45. The van der Waals surface area contributed by atoms with Gasteiger partial charge < -0.3 is 10.1 Å². The standard InChI is InChI=1S/C11H17ClN4O/c1-2-16-5-6-17-9(8-16)7-14-10-3-4-13-11(12)15-10/h3-4,9H,2,5-8H2,1H3,(H,13,14,15). The molecule has 0 aromatic carbocycles. The molecule has 0 aliphatic carbocycles. The fourth-order valence-corrected chi connectivity index (χ4v) is 1.99. The summed E-state index contributed by atoms with van der Waals surface area (Å²) in [6.45, 7) is 6.75. The highest BCUT2D eigenvalue weighted by molar-refractivity contribution is 6.28. The minimum Gasteiger partial charge on any atom is -0.374 e. The Balaban J connectivity index is 1.81. The van der Waals surface area contributed by atoms with E-state index in [1.165, 1.54) is 0 Å². The van der Waals surface area contributed by atoms with Gasteiger partial charge >= 0.3 is 0 Å². The Morgan fingerprint density at radius 1 is 1.65 bits per heavy atom. The van der Waals surface area contributed by atoms with Crippen LogP contribution in [0.15, 0.2) is 12.3 Å². The van der Waals surface area contributed by atoms with E-state index in [0.717, 1.165) is 38.6 Å². The van der Waals surface area contributed by atoms with Crippen molar-refractivity contribution in [2.75, 3.05) is 38.1 Å². The van der Waals surface area contributed by atoms with Crippen molar-refractivity contribution in [1.82, 2.24) is 14.9 Å². The van der Waals surface area contributed by atoms with Gasteiger partial charge in [-0.1, -0.05) is 6.92 Å². The zero-order chi connectivity index (χ0) is 12.1. The summed E-state index contributed by atoms with van der Waals surface area (Å²) in [5.41, 5.74) is 0. The maximum Gasteiger partial charge on any atom is 0.224 e. The van der Waals surface area contributed by atoms with Crippen LogP contribution in [0.1, 0.15) is 6.92 Å². The Kier molecular flexibility index (Phi) is 4.53. The normalized spacial score (nSPS) is 21.4. The lowest BCUT2D eigenvalue weighted by Gasteiger charge is -2.32. The van der Waals surface area contributed by atoms with Crippen LogP contribution in [0.3, 0.4) is 0 Å². The van der Waals surface area contributed by atoms with Crippen molar-refractivity contribution in [2.24, 2.45) is 0 Å². The summed E-state index contributed by atoms with van der Waals surface area (Å²) >= 11 is 5.71. The van der Waals surface area contributed by atoms with E-state index in [0.29, 0.717) is 0 Å². The molecule has 5 nitrogen and oxygen atoms in total. The third-order valence-electron chi connectivity index (χ3n) is 2.81. The largest absolute Gasteiger partial charge is 0.374 e. The maximum absolute atomic E-state index is 5.71. The van der Waals surface area contributed by atoms with Crippen LogP contribution in [0, 0.1) is 0 Å². The molecule has 2 rings (SSSR count). The SMILES string of the molecule is CCN1CCOC(CNc2ccnc(Cl)n2)C1. The smallest absolute Gasteiger partial charge is 0.224 e. The Hall–Kier alpha value is -0.910. The molecule has 1 aromatic rings. The molecule has 17 heavy (non-hydrogen) atoms. The molecule has 0 saturated carbocycles. The van der Waals surface area contributed by atoms with E-state index in [1.54, 1.807) is 12.3 Å². The second kappa shape index (κ2) is 6.14. The van der Waals surface area contributed by atoms with E-state index < -0.39 is 0 Å². The van der Waals surface area contributed by atoms with E-state index in [2.05, 4.69) is 27.1 Å². The van der Waals surface area contributed by atoms with Gasteiger partial charge in [0.15, 0.2) is 0 Å². The third kappa shape index (κ3) is 3.80. The first-order chi connectivity index (χ1) is 8.28. The molecule has 6 heteroatoms. The number of rotatable bonds is 4. The number of ether oxygens (including phenoxy) is 1. The van der Waals surface area contributed by atoms with Crippen LogP contribution in [0.2, 0.25) is 5.28 Å². The third-order valence-corrected chi connectivity index (χ3v) is 2.99. The second-order valence-corrected chi connectivity index (χ2v) is 4.32. The van der Waals surface area contributed by atoms with Crippen LogP contribution in [0.25, 0.3) is 0 Å². The Labute approximate surface area is 106 Å². The number of likely N-dealkylation sites (N-methyl/N-ethyl adjacent to an activating group) is 1. The van der Waals surface area contributed by atoms with Crippen molar-refractivity contribution >= 4 is 17.4 Å². The van der Waals surface area contributed by atoms with E-state index in [4.69, 9.17) is 16.3 Å². The molecule has 1 unspecified atom stereocenters. The fraction of sp³-hybridized carbons (Fsp3) is 0.636. The monoisotopic (exact) mass is 256 g/mol. The van der Waals surface area contributed by atoms with Gasteiger partial charge in [-0.05, 0) is 24.2 Å². The van der Waals surface area contributed by atoms with Crippen molar-refractivity contribution in [3.63, 3.8) is 0 Å². The summed E-state index contributed by atoms with van der Waals surface area (Å²) in [6.07, 6.45) is 1.84. The molecule has 2 heterocycles. The topological polar surface area (TPSA) is 50.3 Å². The van der Waals surface area contributed by atoms with Gasteiger partial charge in [0, 0.05) is 25.8 Å². The number of morpholine rings is 1. The number of nitrogens with zero attached hydrogens (tertiary/aromatic N) is 3. The van der Waals surface area contributed by atoms with Crippen molar-refractivity contribution in [3.8, 4) is 0 Å². The van der Waals surface area contributed by atoms with Gasteiger partial charge in [0.25, 0.3) is 0 Å². The molecule has 1 fully saturated rings. The average Bonchev–Trinajstić information content (AvgIpc) is 2.37. The molecule has 1 N–H and O–H groups in total. The summed E-state index contributed by atoms with van der Waals surface area (Å²) in [6, 6.07) is 1.80. The lowest BCUT2D eigenvalue weighted by molar-refractivity contribution is -0.0192. The molecule has 1 aliphatic heterocycles. The van der Waals surface area contributed by atoms with Crippen molar-refractivity contribution < 1.29 is 4.74 Å². The Morgan fingerprint density at radius 3 is 3.29 bits per heavy atom. The summed E-state index contributed by atoms with van der Waals surface area (Å²) in [7, 11) is 0. The summed E-state index contributed by atoms with van der Waals surface area (Å²) in [4.78, 5) is 10.3. The van der Waals surface area contributed by atoms with Gasteiger partial charge in [0.2, 0.25) is 5.28 Å². The highest BCUT2D eigenvalue weighted by Crippen LogP contribution is 2.08. The first-order valence-corrected chi connectivity index (χ1v) is 6.22. The average molecular weight is 257 g/mol. The van der Waals surface area contributed by atoms with Crippen molar-refractivity contribution in [1.29, 1.82) is 0 Å². The van der Waals surface area contributed by atoms with Gasteiger partial charge in [-0.15, -0.1) is 0 Å². The van der Waals surface area contributed by atoms with E-state index in [1.807, 2.05) is 0 Å². The molecule has 1 aliphatic rings. The number of hydrogen-bond donors (Lipinski definition) is 1. The van der Waals surface area contributed by atoms with Crippen molar-refractivity contribution in [2.45, 2.75) is 13.0 Å². The fourth-order valence-electron chi connectivity index (χ4n) is 1.84. The molecular weight excluding hydrogens is 240 g/mol. The van der Waals surface area contributed by atoms with Gasteiger partial charge in [0.05, 0.1) is 12.7 Å². The van der Waals surface area contributed by atoms with Crippen LogP contribution in [-0.4, -0.2) is 53.8 Å². The quantitative estimate of drug-likeness (QED) is 0.822. The van der Waals surface area contributed by atoms with Crippen LogP contribution >= 0.6 is 11.6 Å². The number of aromatic nitrogens is 2. The predicted octanol–water partition coefficient (Wildman–Crippen LogP) is 1.26. The first-order valence-electron chi connectivity index (χ1n) is 5.84. The van der Waals surface area contributed by atoms with Gasteiger partial charge in [-0.3, -0.25) is 4.90 Å². The van der Waals surface area contributed by atoms with Crippen LogP contribution in [0.5, 0.6) is 0 Å². The van der Waals surface area contributed by atoms with Gasteiger partial charge in [0.1, 0.15) is 5.82 Å². The molecule has 1 aromatic heterocycles. The first kappa shape index (κ1) is 12.5. The number of anilines is 1. The van der Waals surface area contributed by atoms with E-state index in [9.17, 15) is 0 Å². The van der Waals surface area contributed by atoms with E-state index in [-0.39, 0.29) is 11.4 Å². The number of halogens is 1.